The lowest BCUT2D eigenvalue weighted by atomic mass is 9.89. The van der Waals surface area contributed by atoms with Crippen LogP contribution in [-0.4, -0.2) is 14.2 Å². The first-order valence-electron chi connectivity index (χ1n) is 7.75. The Morgan fingerprint density at radius 3 is 2.50 bits per heavy atom. The first-order valence-corrected chi connectivity index (χ1v) is 8.13. The summed E-state index contributed by atoms with van der Waals surface area (Å²) in [6.07, 6.45) is 9.50. The van der Waals surface area contributed by atoms with E-state index in [0.29, 0.717) is 6.04 Å². The molecule has 0 aliphatic heterocycles. The van der Waals surface area contributed by atoms with Gasteiger partial charge in [-0.2, -0.15) is 0 Å². The van der Waals surface area contributed by atoms with E-state index in [0.717, 1.165) is 16.7 Å². The van der Waals surface area contributed by atoms with E-state index in [9.17, 15) is 0 Å². The number of rotatable bonds is 5. The van der Waals surface area contributed by atoms with Crippen LogP contribution in [0.1, 0.15) is 56.6 Å². The molecule has 1 aliphatic carbocycles. The van der Waals surface area contributed by atoms with Gasteiger partial charge in [-0.25, -0.2) is 0 Å². The number of ether oxygens (including phenoxy) is 1. The van der Waals surface area contributed by atoms with Gasteiger partial charge < -0.3 is 10.1 Å². The first kappa shape index (κ1) is 15.7. The van der Waals surface area contributed by atoms with Gasteiger partial charge in [0.1, 0.15) is 5.75 Å². The van der Waals surface area contributed by atoms with Gasteiger partial charge >= 0.3 is 0 Å². The summed E-state index contributed by atoms with van der Waals surface area (Å²) >= 11 is 6.41. The molecule has 2 nitrogen and oxygen atoms in total. The highest BCUT2D eigenvalue weighted by atomic mass is 35.5. The number of nitrogens with one attached hydrogen (secondary N) is 1. The van der Waals surface area contributed by atoms with Gasteiger partial charge in [-0.3, -0.25) is 0 Å². The largest absolute Gasteiger partial charge is 0.497 e. The molecule has 20 heavy (non-hydrogen) atoms. The van der Waals surface area contributed by atoms with Gasteiger partial charge in [0.15, 0.2) is 0 Å². The Morgan fingerprint density at radius 1 is 1.25 bits per heavy atom. The van der Waals surface area contributed by atoms with Gasteiger partial charge in [-0.05, 0) is 37.1 Å². The van der Waals surface area contributed by atoms with Crippen molar-refractivity contribution in [3.63, 3.8) is 0 Å². The van der Waals surface area contributed by atoms with E-state index in [1.54, 1.807) is 7.11 Å². The van der Waals surface area contributed by atoms with Crippen LogP contribution in [0.5, 0.6) is 5.75 Å². The first-order chi connectivity index (χ1) is 9.74. The summed E-state index contributed by atoms with van der Waals surface area (Å²) < 4.78 is 5.23. The predicted molar refractivity (Wildman–Crippen MR) is 85.6 cm³/mol. The molecule has 1 saturated carbocycles. The van der Waals surface area contributed by atoms with Crippen LogP contribution in [0.3, 0.4) is 0 Å². The zero-order valence-electron chi connectivity index (χ0n) is 12.6. The molecule has 0 bridgehead atoms. The highest BCUT2D eigenvalue weighted by Crippen LogP contribution is 2.34. The monoisotopic (exact) mass is 295 g/mol. The molecule has 0 aromatic heterocycles. The molecule has 1 fully saturated rings. The van der Waals surface area contributed by atoms with Crippen LogP contribution in [0, 0.1) is 5.92 Å². The number of hydrogen-bond acceptors (Lipinski definition) is 2. The quantitative estimate of drug-likeness (QED) is 0.774. The van der Waals surface area contributed by atoms with E-state index in [-0.39, 0.29) is 0 Å². The maximum absolute atomic E-state index is 6.41. The van der Waals surface area contributed by atoms with Gasteiger partial charge in [0.25, 0.3) is 0 Å². The SMILES string of the molecule is CNC(CC1CCCCCC1)c1ccc(OC)cc1Cl. The van der Waals surface area contributed by atoms with Crippen LogP contribution in [0.15, 0.2) is 18.2 Å². The number of halogens is 1. The Hall–Kier alpha value is -0.730. The molecule has 0 spiro atoms. The van der Waals surface area contributed by atoms with E-state index in [1.807, 2.05) is 19.2 Å². The Bertz CT molecular complexity index is 413. The molecule has 2 rings (SSSR count). The molecule has 1 aliphatic rings. The fourth-order valence-corrected chi connectivity index (χ4v) is 3.55. The molecule has 0 saturated heterocycles. The number of methoxy groups -OCH3 is 1. The van der Waals surface area contributed by atoms with Gasteiger partial charge in [0.2, 0.25) is 0 Å². The summed E-state index contributed by atoms with van der Waals surface area (Å²) in [5, 5.41) is 4.24. The van der Waals surface area contributed by atoms with Crippen LogP contribution >= 0.6 is 11.6 Å². The number of benzene rings is 1. The lowest BCUT2D eigenvalue weighted by Crippen LogP contribution is -2.20. The van der Waals surface area contributed by atoms with E-state index in [4.69, 9.17) is 16.3 Å². The van der Waals surface area contributed by atoms with Crippen molar-refractivity contribution >= 4 is 11.6 Å². The fourth-order valence-electron chi connectivity index (χ4n) is 3.25. The summed E-state index contributed by atoms with van der Waals surface area (Å²) in [5.74, 6) is 1.65. The van der Waals surface area contributed by atoms with Crippen LogP contribution in [0.2, 0.25) is 5.02 Å². The smallest absolute Gasteiger partial charge is 0.120 e. The van der Waals surface area contributed by atoms with E-state index in [1.165, 1.54) is 50.5 Å². The van der Waals surface area contributed by atoms with Crippen LogP contribution in [-0.2, 0) is 0 Å². The minimum atomic E-state index is 0.344. The Labute approximate surface area is 127 Å². The van der Waals surface area contributed by atoms with Crippen molar-refractivity contribution in [2.75, 3.05) is 14.2 Å². The Balaban J connectivity index is 2.06. The minimum absolute atomic E-state index is 0.344. The third-order valence-corrected chi connectivity index (χ3v) is 4.80. The summed E-state index contributed by atoms with van der Waals surface area (Å²) in [6, 6.07) is 6.35. The molecular formula is C17H26ClNO. The zero-order chi connectivity index (χ0) is 14.4. The van der Waals surface area contributed by atoms with Crippen molar-refractivity contribution in [1.82, 2.24) is 5.32 Å². The summed E-state index contributed by atoms with van der Waals surface area (Å²) in [7, 11) is 3.70. The average molecular weight is 296 g/mol. The Morgan fingerprint density at radius 2 is 1.95 bits per heavy atom. The third-order valence-electron chi connectivity index (χ3n) is 4.48. The average Bonchev–Trinajstić information content (AvgIpc) is 2.73. The van der Waals surface area contributed by atoms with Crippen molar-refractivity contribution in [2.45, 2.75) is 51.0 Å². The topological polar surface area (TPSA) is 21.3 Å². The van der Waals surface area contributed by atoms with Crippen molar-refractivity contribution in [2.24, 2.45) is 5.92 Å². The summed E-state index contributed by atoms with van der Waals surface area (Å²) in [5.41, 5.74) is 1.19. The normalized spacial score (nSPS) is 18.6. The minimum Gasteiger partial charge on any atom is -0.497 e. The maximum Gasteiger partial charge on any atom is 0.120 e. The molecule has 0 amide bonds. The lowest BCUT2D eigenvalue weighted by molar-refractivity contribution is 0.367. The van der Waals surface area contributed by atoms with Crippen molar-refractivity contribution < 1.29 is 4.74 Å². The molecule has 1 aromatic carbocycles. The molecular weight excluding hydrogens is 270 g/mol. The molecule has 0 heterocycles. The van der Waals surface area contributed by atoms with Crippen LogP contribution in [0.25, 0.3) is 0 Å². The van der Waals surface area contributed by atoms with Gasteiger partial charge in [0, 0.05) is 11.1 Å². The van der Waals surface area contributed by atoms with E-state index in [2.05, 4.69) is 11.4 Å². The molecule has 1 aromatic rings. The molecule has 112 valence electrons. The maximum atomic E-state index is 6.41. The molecule has 0 radical (unpaired) electrons. The highest BCUT2D eigenvalue weighted by molar-refractivity contribution is 6.31. The van der Waals surface area contributed by atoms with Crippen LogP contribution < -0.4 is 10.1 Å². The van der Waals surface area contributed by atoms with Gasteiger partial charge in [0.05, 0.1) is 7.11 Å². The standard InChI is InChI=1S/C17H26ClNO/c1-19-17(11-13-7-5-3-4-6-8-13)15-10-9-14(20-2)12-16(15)18/h9-10,12-13,17,19H,3-8,11H2,1-2H3. The fraction of sp³-hybridized carbons (Fsp3) is 0.647. The molecule has 3 heteroatoms. The highest BCUT2D eigenvalue weighted by Gasteiger charge is 2.20. The second-order valence-electron chi connectivity index (χ2n) is 5.82. The van der Waals surface area contributed by atoms with Crippen LogP contribution in [0.4, 0.5) is 0 Å². The second kappa shape index (κ2) is 7.90. The lowest BCUT2D eigenvalue weighted by Gasteiger charge is -2.23. The molecule has 1 N–H and O–H groups in total. The van der Waals surface area contributed by atoms with Crippen molar-refractivity contribution in [3.05, 3.63) is 28.8 Å². The predicted octanol–water partition coefficient (Wildman–Crippen LogP) is 4.97. The van der Waals surface area contributed by atoms with Gasteiger partial charge in [-0.15, -0.1) is 0 Å². The van der Waals surface area contributed by atoms with E-state index >= 15 is 0 Å². The summed E-state index contributed by atoms with van der Waals surface area (Å²) in [4.78, 5) is 0. The zero-order valence-corrected chi connectivity index (χ0v) is 13.4. The van der Waals surface area contributed by atoms with Crippen molar-refractivity contribution in [1.29, 1.82) is 0 Å². The Kier molecular flexibility index (Phi) is 6.18. The third kappa shape index (κ3) is 4.13. The molecule has 1 atom stereocenters. The second-order valence-corrected chi connectivity index (χ2v) is 6.23. The van der Waals surface area contributed by atoms with E-state index < -0.39 is 0 Å². The van der Waals surface area contributed by atoms with Crippen molar-refractivity contribution in [3.8, 4) is 5.75 Å². The molecule has 1 unspecified atom stereocenters. The van der Waals surface area contributed by atoms with Gasteiger partial charge in [-0.1, -0.05) is 56.2 Å². The summed E-state index contributed by atoms with van der Waals surface area (Å²) in [6.45, 7) is 0. The number of hydrogen-bond donors (Lipinski definition) is 1.